The Kier molecular flexibility index (Phi) is 4.65. The van der Waals surface area contributed by atoms with Crippen molar-refractivity contribution in [3.8, 4) is 0 Å². The molecule has 96 valence electrons. The number of aromatic nitrogens is 1. The summed E-state index contributed by atoms with van der Waals surface area (Å²) in [6.07, 6.45) is 1.66. The van der Waals surface area contributed by atoms with Crippen molar-refractivity contribution in [1.82, 2.24) is 10.3 Å². The van der Waals surface area contributed by atoms with Gasteiger partial charge < -0.3 is 19.6 Å². The Balaban J connectivity index is 2.45. The molecule has 1 rings (SSSR count). The van der Waals surface area contributed by atoms with E-state index in [0.717, 1.165) is 0 Å². The van der Waals surface area contributed by atoms with Crippen LogP contribution < -0.4 is 5.32 Å². The second-order valence-corrected chi connectivity index (χ2v) is 4.19. The molecule has 1 aromatic heterocycles. The standard InChI is InChI=1S/C11H18N2O4/c1-8-9(17-7-13-8)10(14)12-6-11(2,15)4-5-16-3/h7,15H,4-6H2,1-3H3,(H,12,14). The van der Waals surface area contributed by atoms with Gasteiger partial charge in [0.25, 0.3) is 5.91 Å². The SMILES string of the molecule is COCCC(C)(O)CNC(=O)c1ocnc1C. The predicted molar refractivity (Wildman–Crippen MR) is 60.7 cm³/mol. The van der Waals surface area contributed by atoms with Gasteiger partial charge in [-0.25, -0.2) is 4.98 Å². The van der Waals surface area contributed by atoms with Gasteiger partial charge in [0.1, 0.15) is 0 Å². The number of oxazole rings is 1. The van der Waals surface area contributed by atoms with Crippen LogP contribution in [0, 0.1) is 6.92 Å². The number of carbonyl (C=O) groups excluding carboxylic acids is 1. The first-order chi connectivity index (χ1) is 7.96. The molecule has 0 bridgehead atoms. The van der Waals surface area contributed by atoms with Crippen LogP contribution >= 0.6 is 0 Å². The second-order valence-electron chi connectivity index (χ2n) is 4.19. The molecule has 0 saturated carbocycles. The fourth-order valence-corrected chi connectivity index (χ4v) is 1.28. The summed E-state index contributed by atoms with van der Waals surface area (Å²) in [7, 11) is 1.56. The number of hydrogen-bond acceptors (Lipinski definition) is 5. The van der Waals surface area contributed by atoms with E-state index < -0.39 is 5.60 Å². The lowest BCUT2D eigenvalue weighted by atomic mass is 10.0. The van der Waals surface area contributed by atoms with Crippen LogP contribution in [-0.4, -0.2) is 41.9 Å². The molecule has 0 saturated heterocycles. The number of hydrogen-bond donors (Lipinski definition) is 2. The molecule has 0 spiro atoms. The lowest BCUT2D eigenvalue weighted by Crippen LogP contribution is -2.41. The van der Waals surface area contributed by atoms with Crippen molar-refractivity contribution in [2.75, 3.05) is 20.3 Å². The topological polar surface area (TPSA) is 84.6 Å². The van der Waals surface area contributed by atoms with Crippen molar-refractivity contribution in [3.05, 3.63) is 17.8 Å². The van der Waals surface area contributed by atoms with E-state index in [1.54, 1.807) is 21.0 Å². The lowest BCUT2D eigenvalue weighted by molar-refractivity contribution is 0.0240. The minimum atomic E-state index is -1.00. The highest BCUT2D eigenvalue weighted by Gasteiger charge is 2.22. The van der Waals surface area contributed by atoms with E-state index in [1.807, 2.05) is 0 Å². The molecule has 1 unspecified atom stereocenters. The molecule has 2 N–H and O–H groups in total. The Hall–Kier alpha value is -1.40. The Morgan fingerprint density at radius 3 is 2.94 bits per heavy atom. The van der Waals surface area contributed by atoms with Crippen LogP contribution in [0.1, 0.15) is 29.6 Å². The van der Waals surface area contributed by atoms with E-state index in [1.165, 1.54) is 6.39 Å². The van der Waals surface area contributed by atoms with Crippen LogP contribution in [0.25, 0.3) is 0 Å². The number of ether oxygens (including phenoxy) is 1. The maximum atomic E-state index is 11.7. The first-order valence-corrected chi connectivity index (χ1v) is 5.36. The first-order valence-electron chi connectivity index (χ1n) is 5.36. The molecule has 0 aliphatic carbocycles. The van der Waals surface area contributed by atoms with Gasteiger partial charge in [0.15, 0.2) is 6.39 Å². The summed E-state index contributed by atoms with van der Waals surface area (Å²) in [6, 6.07) is 0. The Bertz CT molecular complexity index is 373. The molecule has 0 aliphatic heterocycles. The number of carbonyl (C=O) groups is 1. The minimum Gasteiger partial charge on any atom is -0.438 e. The molecule has 1 heterocycles. The molecule has 0 fully saturated rings. The number of aryl methyl sites for hydroxylation is 1. The zero-order valence-corrected chi connectivity index (χ0v) is 10.3. The fourth-order valence-electron chi connectivity index (χ4n) is 1.28. The largest absolute Gasteiger partial charge is 0.438 e. The third kappa shape index (κ3) is 4.16. The van der Waals surface area contributed by atoms with Gasteiger partial charge in [-0.3, -0.25) is 4.79 Å². The van der Waals surface area contributed by atoms with Crippen molar-refractivity contribution in [3.63, 3.8) is 0 Å². The summed E-state index contributed by atoms with van der Waals surface area (Å²) in [5.74, 6) is -0.203. The zero-order valence-electron chi connectivity index (χ0n) is 10.3. The third-order valence-electron chi connectivity index (χ3n) is 2.43. The summed E-state index contributed by atoms with van der Waals surface area (Å²) in [5, 5.41) is 12.5. The summed E-state index contributed by atoms with van der Waals surface area (Å²) >= 11 is 0. The van der Waals surface area contributed by atoms with E-state index in [0.29, 0.717) is 18.7 Å². The van der Waals surface area contributed by atoms with E-state index in [2.05, 4.69) is 10.3 Å². The summed E-state index contributed by atoms with van der Waals surface area (Å²) in [5.41, 5.74) is -0.474. The van der Waals surface area contributed by atoms with E-state index >= 15 is 0 Å². The average molecular weight is 242 g/mol. The first kappa shape index (κ1) is 13.7. The zero-order chi connectivity index (χ0) is 12.9. The summed E-state index contributed by atoms with van der Waals surface area (Å²) in [6.45, 7) is 3.89. The molecule has 0 radical (unpaired) electrons. The minimum absolute atomic E-state index is 0.134. The molecule has 0 aliphatic rings. The molecular weight excluding hydrogens is 224 g/mol. The van der Waals surface area contributed by atoms with Crippen LogP contribution in [-0.2, 0) is 4.74 Å². The molecule has 17 heavy (non-hydrogen) atoms. The van der Waals surface area contributed by atoms with Gasteiger partial charge in [0, 0.05) is 26.7 Å². The maximum absolute atomic E-state index is 11.7. The number of methoxy groups -OCH3 is 1. The number of amides is 1. The van der Waals surface area contributed by atoms with E-state index in [9.17, 15) is 9.90 Å². The monoisotopic (exact) mass is 242 g/mol. The van der Waals surface area contributed by atoms with Crippen molar-refractivity contribution >= 4 is 5.91 Å². The molecule has 0 aromatic carbocycles. The number of nitrogens with one attached hydrogen (secondary N) is 1. The Morgan fingerprint density at radius 1 is 1.71 bits per heavy atom. The van der Waals surface area contributed by atoms with Gasteiger partial charge in [-0.1, -0.05) is 0 Å². The molecule has 1 atom stereocenters. The van der Waals surface area contributed by atoms with Gasteiger partial charge in [-0.05, 0) is 13.8 Å². The maximum Gasteiger partial charge on any atom is 0.289 e. The second kappa shape index (κ2) is 5.79. The van der Waals surface area contributed by atoms with Crippen LogP contribution in [0.5, 0.6) is 0 Å². The van der Waals surface area contributed by atoms with Gasteiger partial charge in [-0.15, -0.1) is 0 Å². The Labute approximate surface area is 100.0 Å². The van der Waals surface area contributed by atoms with Gasteiger partial charge in [0.2, 0.25) is 5.76 Å². The molecule has 6 heteroatoms. The van der Waals surface area contributed by atoms with Gasteiger partial charge in [-0.2, -0.15) is 0 Å². The van der Waals surface area contributed by atoms with Crippen LogP contribution in [0.4, 0.5) is 0 Å². The number of rotatable bonds is 6. The summed E-state index contributed by atoms with van der Waals surface area (Å²) < 4.78 is 9.82. The smallest absolute Gasteiger partial charge is 0.289 e. The van der Waals surface area contributed by atoms with Crippen molar-refractivity contribution in [1.29, 1.82) is 0 Å². The Morgan fingerprint density at radius 2 is 2.41 bits per heavy atom. The van der Waals surface area contributed by atoms with Crippen molar-refractivity contribution in [2.24, 2.45) is 0 Å². The lowest BCUT2D eigenvalue weighted by Gasteiger charge is -2.22. The average Bonchev–Trinajstić information content (AvgIpc) is 2.70. The quantitative estimate of drug-likeness (QED) is 0.758. The van der Waals surface area contributed by atoms with Crippen molar-refractivity contribution < 1.29 is 19.1 Å². The fraction of sp³-hybridized carbons (Fsp3) is 0.636. The van der Waals surface area contributed by atoms with Crippen molar-refractivity contribution in [2.45, 2.75) is 25.9 Å². The van der Waals surface area contributed by atoms with Gasteiger partial charge >= 0.3 is 0 Å². The van der Waals surface area contributed by atoms with Gasteiger partial charge in [0.05, 0.1) is 11.3 Å². The molecule has 1 amide bonds. The normalized spacial score (nSPS) is 14.4. The third-order valence-corrected chi connectivity index (χ3v) is 2.43. The predicted octanol–water partition coefficient (Wildman–Crippen LogP) is 0.500. The number of aliphatic hydroxyl groups is 1. The van der Waals surface area contributed by atoms with E-state index in [-0.39, 0.29) is 18.2 Å². The molecule has 6 nitrogen and oxygen atoms in total. The highest BCUT2D eigenvalue weighted by molar-refractivity contribution is 5.92. The van der Waals surface area contributed by atoms with E-state index in [4.69, 9.17) is 9.15 Å². The highest BCUT2D eigenvalue weighted by Crippen LogP contribution is 2.09. The van der Waals surface area contributed by atoms with Crippen LogP contribution in [0.3, 0.4) is 0 Å². The highest BCUT2D eigenvalue weighted by atomic mass is 16.5. The molecule has 1 aromatic rings. The summed E-state index contributed by atoms with van der Waals surface area (Å²) in [4.78, 5) is 15.5. The van der Waals surface area contributed by atoms with Crippen LogP contribution in [0.2, 0.25) is 0 Å². The number of nitrogens with zero attached hydrogens (tertiary/aromatic N) is 1. The molecular formula is C11H18N2O4. The van der Waals surface area contributed by atoms with Crippen LogP contribution in [0.15, 0.2) is 10.8 Å².